The third-order valence-electron chi connectivity index (χ3n) is 0.950. The Morgan fingerprint density at radius 3 is 2.46 bits per heavy atom. The number of allylic oxidation sites excluding steroid dienone is 1. The molecule has 0 amide bonds. The van der Waals surface area contributed by atoms with Gasteiger partial charge in [-0.3, -0.25) is 0 Å². The Bertz CT molecular complexity index is 207. The molecular weight excluding hydrogens is 226 g/mol. The summed E-state index contributed by atoms with van der Waals surface area (Å²) < 4.78 is 4.90. The SMILES string of the molecule is CC=CC(=O)OC1SC=CS1.[H-].[H-].[Na+].[Na+]. The van der Waals surface area contributed by atoms with Gasteiger partial charge in [-0.15, -0.1) is 0 Å². The standard InChI is InChI=1S/C7H8O2S2.2Na.2H/c1-2-3-6(8)9-7-10-4-5-11-7;;;;/h2-5,7H,1H3;;;;/q;2*+1;2*-1. The van der Waals surface area contributed by atoms with E-state index >= 15 is 0 Å². The third-order valence-corrected chi connectivity index (χ3v) is 3.01. The van der Waals surface area contributed by atoms with Crippen molar-refractivity contribution >= 4 is 29.5 Å². The molecule has 1 heterocycles. The Kier molecular flexibility index (Phi) is 13.4. The van der Waals surface area contributed by atoms with Crippen LogP contribution in [0.1, 0.15) is 9.78 Å². The van der Waals surface area contributed by atoms with Gasteiger partial charge in [0.05, 0.1) is 0 Å². The molecular formula is C7H10Na2O2S2. The molecule has 13 heavy (non-hydrogen) atoms. The summed E-state index contributed by atoms with van der Waals surface area (Å²) in [6.07, 6.45) is 3.08. The van der Waals surface area contributed by atoms with Crippen LogP contribution in [0.2, 0.25) is 0 Å². The second kappa shape index (κ2) is 10.2. The molecule has 0 atom stereocenters. The molecule has 0 spiro atoms. The summed E-state index contributed by atoms with van der Waals surface area (Å²) in [5.74, 6) is -0.277. The molecule has 64 valence electrons. The van der Waals surface area contributed by atoms with Gasteiger partial charge in [-0.2, -0.15) is 0 Å². The smallest absolute Gasteiger partial charge is 1.00 e. The summed E-state index contributed by atoms with van der Waals surface area (Å²) in [7, 11) is 0. The number of carbonyl (C=O) groups excluding carboxylic acids is 1. The van der Waals surface area contributed by atoms with Crippen molar-refractivity contribution in [2.75, 3.05) is 0 Å². The summed E-state index contributed by atoms with van der Waals surface area (Å²) >= 11 is 3.00. The molecule has 0 bridgehead atoms. The Morgan fingerprint density at radius 1 is 1.46 bits per heavy atom. The third kappa shape index (κ3) is 7.56. The average molecular weight is 236 g/mol. The van der Waals surface area contributed by atoms with Gasteiger partial charge in [-0.05, 0) is 17.7 Å². The van der Waals surface area contributed by atoms with Gasteiger partial charge in [-0.25, -0.2) is 4.79 Å². The second-order valence-electron chi connectivity index (χ2n) is 1.77. The van der Waals surface area contributed by atoms with Crippen molar-refractivity contribution in [2.45, 2.75) is 11.7 Å². The van der Waals surface area contributed by atoms with E-state index in [1.807, 2.05) is 10.8 Å². The maximum Gasteiger partial charge on any atom is 1.00 e. The Hall–Kier alpha value is 1.65. The van der Waals surface area contributed by atoms with Gasteiger partial charge < -0.3 is 7.59 Å². The Morgan fingerprint density at radius 2 is 2.00 bits per heavy atom. The van der Waals surface area contributed by atoms with Crippen LogP contribution in [0.5, 0.6) is 0 Å². The number of ether oxygens (including phenoxy) is 1. The zero-order valence-corrected chi connectivity index (χ0v) is 13.7. The van der Waals surface area contributed by atoms with Gasteiger partial charge in [0.25, 0.3) is 0 Å². The number of hydrogen-bond acceptors (Lipinski definition) is 4. The average Bonchev–Trinajstić information content (AvgIpc) is 2.40. The number of esters is 1. The summed E-state index contributed by atoms with van der Waals surface area (Å²) in [6.45, 7) is 1.79. The normalized spacial score (nSPS) is 15.2. The van der Waals surface area contributed by atoms with E-state index < -0.39 is 0 Å². The minimum atomic E-state index is -0.277. The maximum absolute atomic E-state index is 10.8. The van der Waals surface area contributed by atoms with Gasteiger partial charge in [0.15, 0.2) is 0 Å². The van der Waals surface area contributed by atoms with Crippen LogP contribution in [0.25, 0.3) is 0 Å². The molecule has 6 heteroatoms. The Balaban J connectivity index is -0.000000151. The van der Waals surface area contributed by atoms with Crippen molar-refractivity contribution in [1.82, 2.24) is 0 Å². The monoisotopic (exact) mass is 236 g/mol. The van der Waals surface area contributed by atoms with Crippen molar-refractivity contribution in [1.29, 1.82) is 0 Å². The molecule has 0 saturated heterocycles. The molecule has 2 nitrogen and oxygen atoms in total. The molecule has 0 aromatic carbocycles. The first kappa shape index (κ1) is 17.1. The van der Waals surface area contributed by atoms with Crippen LogP contribution in [-0.2, 0) is 9.53 Å². The summed E-state index contributed by atoms with van der Waals surface area (Å²) in [5.41, 5.74) is 0. The molecule has 1 rings (SSSR count). The Labute approximate surface area is 134 Å². The van der Waals surface area contributed by atoms with Crippen LogP contribution in [0.3, 0.4) is 0 Å². The van der Waals surface area contributed by atoms with E-state index in [0.29, 0.717) is 0 Å². The number of rotatable bonds is 2. The molecule has 0 aromatic rings. The van der Waals surface area contributed by atoms with Crippen molar-refractivity contribution in [3.05, 3.63) is 23.0 Å². The van der Waals surface area contributed by atoms with Crippen molar-refractivity contribution < 1.29 is 71.5 Å². The van der Waals surface area contributed by atoms with E-state index in [0.717, 1.165) is 0 Å². The fourth-order valence-corrected chi connectivity index (χ4v) is 2.26. The van der Waals surface area contributed by atoms with Gasteiger partial charge in [-0.1, -0.05) is 29.6 Å². The van der Waals surface area contributed by atoms with E-state index in [4.69, 9.17) is 4.74 Å². The summed E-state index contributed by atoms with van der Waals surface area (Å²) in [5, 5.41) is 3.83. The van der Waals surface area contributed by atoms with Gasteiger partial charge in [0, 0.05) is 6.08 Å². The summed E-state index contributed by atoms with van der Waals surface area (Å²) in [6, 6.07) is 0. The van der Waals surface area contributed by atoms with Gasteiger partial charge >= 0.3 is 65.1 Å². The van der Waals surface area contributed by atoms with Crippen LogP contribution in [0.4, 0.5) is 0 Å². The summed E-state index contributed by atoms with van der Waals surface area (Å²) in [4.78, 5) is 10.8. The molecule has 0 radical (unpaired) electrons. The molecule has 1 aliphatic rings. The van der Waals surface area contributed by atoms with Gasteiger partial charge in [0.1, 0.15) is 0 Å². The van der Waals surface area contributed by atoms with E-state index in [1.54, 1.807) is 13.0 Å². The first-order chi connectivity index (χ1) is 5.33. The molecule has 1 aliphatic heterocycles. The first-order valence-electron chi connectivity index (χ1n) is 3.12. The van der Waals surface area contributed by atoms with E-state index in [2.05, 4.69) is 0 Å². The largest absolute Gasteiger partial charge is 1.00 e. The fourth-order valence-electron chi connectivity index (χ4n) is 0.550. The quantitative estimate of drug-likeness (QED) is 0.283. The van der Waals surface area contributed by atoms with E-state index in [9.17, 15) is 4.79 Å². The predicted molar refractivity (Wildman–Crippen MR) is 51.2 cm³/mol. The van der Waals surface area contributed by atoms with E-state index in [-0.39, 0.29) is 72.7 Å². The molecule has 0 N–H and O–H groups in total. The molecule has 0 unspecified atom stereocenters. The molecule has 0 aromatic heterocycles. The zero-order valence-electron chi connectivity index (χ0n) is 10.0. The minimum absolute atomic E-state index is 0. The zero-order chi connectivity index (χ0) is 8.10. The minimum Gasteiger partial charge on any atom is -1.00 e. The van der Waals surface area contributed by atoms with Crippen molar-refractivity contribution in [3.8, 4) is 0 Å². The topological polar surface area (TPSA) is 26.3 Å². The molecule has 0 saturated carbocycles. The van der Waals surface area contributed by atoms with Crippen LogP contribution in [0, 0.1) is 0 Å². The van der Waals surface area contributed by atoms with Crippen LogP contribution >= 0.6 is 23.5 Å². The fraction of sp³-hybridized carbons (Fsp3) is 0.286. The van der Waals surface area contributed by atoms with Crippen LogP contribution in [0.15, 0.2) is 23.0 Å². The van der Waals surface area contributed by atoms with Gasteiger partial charge in [0.2, 0.25) is 4.77 Å². The predicted octanol–water partition coefficient (Wildman–Crippen LogP) is -3.43. The van der Waals surface area contributed by atoms with Crippen molar-refractivity contribution in [2.24, 2.45) is 0 Å². The second-order valence-corrected chi connectivity index (χ2v) is 4.01. The van der Waals surface area contributed by atoms with E-state index in [1.165, 1.54) is 29.6 Å². The molecule has 0 aliphatic carbocycles. The number of hydrogen-bond donors (Lipinski definition) is 0. The molecule has 0 fully saturated rings. The van der Waals surface area contributed by atoms with Crippen LogP contribution in [-0.4, -0.2) is 10.7 Å². The van der Waals surface area contributed by atoms with Crippen molar-refractivity contribution in [3.63, 3.8) is 0 Å². The maximum atomic E-state index is 10.8. The number of carbonyl (C=O) groups is 1. The first-order valence-corrected chi connectivity index (χ1v) is 5.01. The van der Waals surface area contributed by atoms with Crippen LogP contribution < -0.4 is 59.1 Å². The number of thioether (sulfide) groups is 2.